The zero-order chi connectivity index (χ0) is 11.0. The van der Waals surface area contributed by atoms with Gasteiger partial charge in [0.25, 0.3) is 0 Å². The van der Waals surface area contributed by atoms with Gasteiger partial charge in [-0.1, -0.05) is 13.0 Å². The molecular formula is C11H10F2O2. The van der Waals surface area contributed by atoms with Gasteiger partial charge in [0.2, 0.25) is 0 Å². The van der Waals surface area contributed by atoms with Crippen molar-refractivity contribution in [3.8, 4) is 5.75 Å². The molecule has 0 radical (unpaired) electrons. The summed E-state index contributed by atoms with van der Waals surface area (Å²) in [5.41, 5.74) is 1.43. The number of ether oxygens (including phenoxy) is 1. The lowest BCUT2D eigenvalue weighted by atomic mass is 10.0. The first-order valence-corrected chi connectivity index (χ1v) is 4.70. The number of carbonyl (C=O) groups is 1. The van der Waals surface area contributed by atoms with Gasteiger partial charge >= 0.3 is 6.61 Å². The summed E-state index contributed by atoms with van der Waals surface area (Å²) in [6, 6.07) is 4.55. The Kier molecular flexibility index (Phi) is 2.42. The first-order valence-electron chi connectivity index (χ1n) is 4.70. The van der Waals surface area contributed by atoms with E-state index in [1.807, 2.05) is 6.92 Å². The van der Waals surface area contributed by atoms with Crippen LogP contribution in [0.2, 0.25) is 0 Å². The van der Waals surface area contributed by atoms with Crippen LogP contribution in [0.1, 0.15) is 35.2 Å². The number of rotatable bonds is 2. The van der Waals surface area contributed by atoms with E-state index in [9.17, 15) is 13.6 Å². The van der Waals surface area contributed by atoms with E-state index in [2.05, 4.69) is 4.74 Å². The number of alkyl halides is 2. The monoisotopic (exact) mass is 212 g/mol. The predicted molar refractivity (Wildman–Crippen MR) is 50.4 cm³/mol. The standard InChI is InChI=1S/C11H10F2O2/c1-6-4-10(14)9-5-7(15-11(12)13)2-3-8(6)9/h2-3,5-6,11H,4H2,1H3. The average Bonchev–Trinajstić information content (AvgIpc) is 2.41. The van der Waals surface area contributed by atoms with Crippen LogP contribution in [0.25, 0.3) is 0 Å². The van der Waals surface area contributed by atoms with Gasteiger partial charge in [0.05, 0.1) is 0 Å². The molecule has 0 saturated carbocycles. The summed E-state index contributed by atoms with van der Waals surface area (Å²) >= 11 is 0. The number of Topliss-reactive ketones (excluding diaryl/α,β-unsaturated/α-hetero) is 1. The molecular weight excluding hydrogens is 202 g/mol. The van der Waals surface area contributed by atoms with Crippen LogP contribution in [0, 0.1) is 0 Å². The summed E-state index contributed by atoms with van der Waals surface area (Å²) in [4.78, 5) is 11.5. The van der Waals surface area contributed by atoms with Gasteiger partial charge in [-0.25, -0.2) is 0 Å². The van der Waals surface area contributed by atoms with Gasteiger partial charge < -0.3 is 4.74 Å². The van der Waals surface area contributed by atoms with Crippen molar-refractivity contribution in [3.63, 3.8) is 0 Å². The summed E-state index contributed by atoms with van der Waals surface area (Å²) in [5, 5.41) is 0. The Morgan fingerprint density at radius 2 is 2.20 bits per heavy atom. The van der Waals surface area contributed by atoms with Crippen molar-refractivity contribution in [2.75, 3.05) is 0 Å². The first kappa shape index (κ1) is 10.1. The SMILES string of the molecule is CC1CC(=O)c2cc(OC(F)F)ccc21. The van der Waals surface area contributed by atoms with E-state index >= 15 is 0 Å². The molecule has 0 spiro atoms. The minimum Gasteiger partial charge on any atom is -0.435 e. The van der Waals surface area contributed by atoms with Crippen LogP contribution in [-0.4, -0.2) is 12.4 Å². The highest BCUT2D eigenvalue weighted by Gasteiger charge is 2.26. The van der Waals surface area contributed by atoms with Crippen LogP contribution in [0.3, 0.4) is 0 Å². The highest BCUT2D eigenvalue weighted by molar-refractivity contribution is 6.01. The van der Waals surface area contributed by atoms with Gasteiger partial charge in [-0.3, -0.25) is 4.79 Å². The second-order valence-corrected chi connectivity index (χ2v) is 3.66. The highest BCUT2D eigenvalue weighted by Crippen LogP contribution is 2.34. The van der Waals surface area contributed by atoms with Crippen LogP contribution < -0.4 is 4.74 Å². The van der Waals surface area contributed by atoms with Crippen LogP contribution in [0.4, 0.5) is 8.78 Å². The lowest BCUT2D eigenvalue weighted by Gasteiger charge is -2.07. The third kappa shape index (κ3) is 1.84. The van der Waals surface area contributed by atoms with Crippen LogP contribution in [-0.2, 0) is 0 Å². The second-order valence-electron chi connectivity index (χ2n) is 3.66. The number of halogens is 2. The summed E-state index contributed by atoms with van der Waals surface area (Å²) in [6.45, 7) is -0.908. The molecule has 1 aromatic rings. The summed E-state index contributed by atoms with van der Waals surface area (Å²) < 4.78 is 28.1. The Balaban J connectivity index is 2.34. The van der Waals surface area contributed by atoms with Crippen molar-refractivity contribution >= 4 is 5.78 Å². The maximum atomic E-state index is 11.9. The fourth-order valence-electron chi connectivity index (χ4n) is 1.88. The maximum absolute atomic E-state index is 11.9. The van der Waals surface area contributed by atoms with Crippen LogP contribution in [0.15, 0.2) is 18.2 Å². The number of hydrogen-bond donors (Lipinski definition) is 0. The fraction of sp³-hybridized carbons (Fsp3) is 0.364. The lowest BCUT2D eigenvalue weighted by Crippen LogP contribution is -2.03. The molecule has 2 nitrogen and oxygen atoms in total. The molecule has 1 aliphatic carbocycles. The number of carbonyl (C=O) groups excluding carboxylic acids is 1. The van der Waals surface area contributed by atoms with Crippen molar-refractivity contribution in [2.24, 2.45) is 0 Å². The van der Waals surface area contributed by atoms with Crippen molar-refractivity contribution in [3.05, 3.63) is 29.3 Å². The Labute approximate surface area is 85.9 Å². The summed E-state index contributed by atoms with van der Waals surface area (Å²) in [6.07, 6.45) is 0.452. The third-order valence-corrected chi connectivity index (χ3v) is 2.57. The van der Waals surface area contributed by atoms with E-state index in [0.29, 0.717) is 12.0 Å². The minimum absolute atomic E-state index is 0.00258. The van der Waals surface area contributed by atoms with Crippen molar-refractivity contribution in [1.29, 1.82) is 0 Å². The first-order chi connectivity index (χ1) is 7.08. The summed E-state index contributed by atoms with van der Waals surface area (Å²) in [7, 11) is 0. The van der Waals surface area contributed by atoms with E-state index in [-0.39, 0.29) is 17.5 Å². The normalized spacial score (nSPS) is 19.5. The highest BCUT2D eigenvalue weighted by atomic mass is 19.3. The maximum Gasteiger partial charge on any atom is 0.387 e. The number of hydrogen-bond acceptors (Lipinski definition) is 2. The van der Waals surface area contributed by atoms with E-state index in [1.54, 1.807) is 6.07 Å². The molecule has 0 bridgehead atoms. The molecule has 0 fully saturated rings. The number of fused-ring (bicyclic) bond motifs is 1. The molecule has 1 unspecified atom stereocenters. The lowest BCUT2D eigenvalue weighted by molar-refractivity contribution is -0.0498. The Morgan fingerprint density at radius 1 is 1.47 bits per heavy atom. The van der Waals surface area contributed by atoms with Gasteiger partial charge in [0.15, 0.2) is 5.78 Å². The quantitative estimate of drug-likeness (QED) is 0.753. The van der Waals surface area contributed by atoms with Gasteiger partial charge in [0.1, 0.15) is 5.75 Å². The fourth-order valence-corrected chi connectivity index (χ4v) is 1.88. The smallest absolute Gasteiger partial charge is 0.387 e. The molecule has 1 aromatic carbocycles. The second kappa shape index (κ2) is 3.61. The largest absolute Gasteiger partial charge is 0.435 e. The third-order valence-electron chi connectivity index (χ3n) is 2.57. The molecule has 1 aliphatic rings. The van der Waals surface area contributed by atoms with Crippen molar-refractivity contribution in [1.82, 2.24) is 0 Å². The van der Waals surface area contributed by atoms with E-state index in [1.165, 1.54) is 12.1 Å². The van der Waals surface area contributed by atoms with Crippen molar-refractivity contribution in [2.45, 2.75) is 25.9 Å². The molecule has 0 aromatic heterocycles. The molecule has 80 valence electrons. The molecule has 0 N–H and O–H groups in total. The molecule has 2 rings (SSSR count). The van der Waals surface area contributed by atoms with Gasteiger partial charge in [-0.2, -0.15) is 8.78 Å². The molecule has 4 heteroatoms. The Hall–Kier alpha value is -1.45. The van der Waals surface area contributed by atoms with Gasteiger partial charge in [-0.05, 0) is 23.6 Å². The molecule has 1 atom stereocenters. The number of benzene rings is 1. The zero-order valence-corrected chi connectivity index (χ0v) is 8.17. The van der Waals surface area contributed by atoms with Crippen LogP contribution in [0.5, 0.6) is 5.75 Å². The van der Waals surface area contributed by atoms with Crippen LogP contribution >= 0.6 is 0 Å². The molecule has 0 heterocycles. The molecule has 15 heavy (non-hydrogen) atoms. The van der Waals surface area contributed by atoms with Gasteiger partial charge in [0, 0.05) is 12.0 Å². The minimum atomic E-state index is -2.85. The van der Waals surface area contributed by atoms with Crippen molar-refractivity contribution < 1.29 is 18.3 Å². The number of ketones is 1. The van der Waals surface area contributed by atoms with E-state index < -0.39 is 6.61 Å². The van der Waals surface area contributed by atoms with E-state index in [4.69, 9.17) is 0 Å². The van der Waals surface area contributed by atoms with E-state index in [0.717, 1.165) is 5.56 Å². The average molecular weight is 212 g/mol. The molecule has 0 saturated heterocycles. The molecule has 0 amide bonds. The van der Waals surface area contributed by atoms with Gasteiger partial charge in [-0.15, -0.1) is 0 Å². The predicted octanol–water partition coefficient (Wildman–Crippen LogP) is 2.98. The Morgan fingerprint density at radius 3 is 2.87 bits per heavy atom. The topological polar surface area (TPSA) is 26.3 Å². The Bertz CT molecular complexity index is 402. The molecule has 0 aliphatic heterocycles. The summed E-state index contributed by atoms with van der Waals surface area (Å²) in [5.74, 6) is 0.219. The zero-order valence-electron chi connectivity index (χ0n) is 8.17.